The summed E-state index contributed by atoms with van der Waals surface area (Å²) < 4.78 is 7.34. The second-order valence-electron chi connectivity index (χ2n) is 5.42. The standard InChI is InChI=1S/C14H21N5O/c1-3-9-6-4-5-7-10(9)19-12-11(18-14(19)15)13(20-2)17-8-16-12/h8-10H,3-7H2,1-2H3,(H2,15,18). The lowest BCUT2D eigenvalue weighted by molar-refractivity contribution is 0.238. The Morgan fingerprint density at radius 1 is 1.35 bits per heavy atom. The quantitative estimate of drug-likeness (QED) is 0.931. The van der Waals surface area contributed by atoms with E-state index in [4.69, 9.17) is 10.5 Å². The number of nitrogen functional groups attached to an aromatic ring is 1. The minimum absolute atomic E-state index is 0.387. The number of rotatable bonds is 3. The number of ether oxygens (including phenoxy) is 1. The maximum absolute atomic E-state index is 6.15. The topological polar surface area (TPSA) is 78.9 Å². The molecule has 2 atom stereocenters. The van der Waals surface area contributed by atoms with Gasteiger partial charge in [-0.15, -0.1) is 0 Å². The minimum Gasteiger partial charge on any atom is -0.479 e. The van der Waals surface area contributed by atoms with Crippen molar-refractivity contribution in [3.8, 4) is 5.88 Å². The summed E-state index contributed by atoms with van der Waals surface area (Å²) in [5.41, 5.74) is 7.60. The van der Waals surface area contributed by atoms with Crippen molar-refractivity contribution in [3.63, 3.8) is 0 Å². The Balaban J connectivity index is 2.13. The smallest absolute Gasteiger partial charge is 0.245 e. The SMILES string of the molecule is CCC1CCCCC1n1c(N)nc2c(OC)ncnc21. The van der Waals surface area contributed by atoms with Crippen LogP contribution >= 0.6 is 0 Å². The molecule has 2 N–H and O–H groups in total. The summed E-state index contributed by atoms with van der Waals surface area (Å²) in [6.07, 6.45) is 7.61. The number of nitrogens with zero attached hydrogens (tertiary/aromatic N) is 4. The van der Waals surface area contributed by atoms with E-state index in [0.29, 0.717) is 29.3 Å². The van der Waals surface area contributed by atoms with Gasteiger partial charge >= 0.3 is 0 Å². The van der Waals surface area contributed by atoms with E-state index in [0.717, 1.165) is 18.5 Å². The largest absolute Gasteiger partial charge is 0.479 e. The van der Waals surface area contributed by atoms with Gasteiger partial charge in [-0.25, -0.2) is 9.97 Å². The van der Waals surface area contributed by atoms with Crippen LogP contribution in [0.1, 0.15) is 45.1 Å². The summed E-state index contributed by atoms with van der Waals surface area (Å²) >= 11 is 0. The van der Waals surface area contributed by atoms with E-state index in [1.807, 2.05) is 0 Å². The van der Waals surface area contributed by atoms with Gasteiger partial charge in [-0.2, -0.15) is 4.98 Å². The Bertz CT molecular complexity index is 609. The molecule has 1 aliphatic rings. The minimum atomic E-state index is 0.387. The number of hydrogen-bond acceptors (Lipinski definition) is 5. The Labute approximate surface area is 118 Å². The summed E-state index contributed by atoms with van der Waals surface area (Å²) in [6.45, 7) is 2.24. The number of methoxy groups -OCH3 is 1. The van der Waals surface area contributed by atoms with Gasteiger partial charge in [0.15, 0.2) is 11.2 Å². The van der Waals surface area contributed by atoms with Gasteiger partial charge in [0.25, 0.3) is 0 Å². The number of imidazole rings is 1. The molecular weight excluding hydrogens is 254 g/mol. The Hall–Kier alpha value is -1.85. The van der Waals surface area contributed by atoms with Crippen LogP contribution in [0.4, 0.5) is 5.95 Å². The summed E-state index contributed by atoms with van der Waals surface area (Å²) in [5, 5.41) is 0. The number of hydrogen-bond donors (Lipinski definition) is 1. The Morgan fingerprint density at radius 3 is 2.90 bits per heavy atom. The van der Waals surface area contributed by atoms with Crippen LogP contribution in [0.25, 0.3) is 11.2 Å². The molecule has 6 nitrogen and oxygen atoms in total. The van der Waals surface area contributed by atoms with Crippen LogP contribution in [0.2, 0.25) is 0 Å². The lowest BCUT2D eigenvalue weighted by Crippen LogP contribution is -2.24. The molecule has 2 aromatic heterocycles. The van der Waals surface area contributed by atoms with Crippen LogP contribution in [-0.4, -0.2) is 26.6 Å². The highest BCUT2D eigenvalue weighted by Gasteiger charge is 2.29. The van der Waals surface area contributed by atoms with Crippen LogP contribution in [0.15, 0.2) is 6.33 Å². The second kappa shape index (κ2) is 5.26. The maximum atomic E-state index is 6.15. The van der Waals surface area contributed by atoms with Gasteiger partial charge in [-0.1, -0.05) is 26.2 Å². The number of aromatic nitrogens is 4. The summed E-state index contributed by atoms with van der Waals surface area (Å²) in [7, 11) is 1.59. The van der Waals surface area contributed by atoms with Gasteiger partial charge in [-0.3, -0.25) is 4.57 Å². The molecular formula is C14H21N5O. The molecule has 0 radical (unpaired) electrons. The first-order chi connectivity index (χ1) is 9.76. The second-order valence-corrected chi connectivity index (χ2v) is 5.42. The van der Waals surface area contributed by atoms with E-state index < -0.39 is 0 Å². The molecule has 0 aliphatic heterocycles. The summed E-state index contributed by atoms with van der Waals surface area (Å²) in [6, 6.07) is 0.387. The monoisotopic (exact) mass is 275 g/mol. The third kappa shape index (κ3) is 1.99. The molecule has 0 saturated heterocycles. The lowest BCUT2D eigenvalue weighted by Gasteiger charge is -2.32. The molecule has 108 valence electrons. The molecule has 0 amide bonds. The van der Waals surface area contributed by atoms with Gasteiger partial charge in [0.05, 0.1) is 7.11 Å². The van der Waals surface area contributed by atoms with Gasteiger partial charge in [0, 0.05) is 6.04 Å². The molecule has 1 aliphatic carbocycles. The van der Waals surface area contributed by atoms with Crippen molar-refractivity contribution < 1.29 is 4.74 Å². The normalized spacial score (nSPS) is 23.1. The molecule has 2 unspecified atom stereocenters. The highest BCUT2D eigenvalue weighted by Crippen LogP contribution is 2.39. The molecule has 0 bridgehead atoms. The summed E-state index contributed by atoms with van der Waals surface area (Å²) in [4.78, 5) is 12.9. The third-order valence-corrected chi connectivity index (χ3v) is 4.39. The van der Waals surface area contributed by atoms with E-state index in [9.17, 15) is 0 Å². The van der Waals surface area contributed by atoms with E-state index in [2.05, 4.69) is 26.4 Å². The first-order valence-corrected chi connectivity index (χ1v) is 7.28. The van der Waals surface area contributed by atoms with Gasteiger partial charge in [-0.05, 0) is 18.8 Å². The highest BCUT2D eigenvalue weighted by molar-refractivity contribution is 5.79. The van der Waals surface area contributed by atoms with Crippen molar-refractivity contribution in [3.05, 3.63) is 6.33 Å². The predicted molar refractivity (Wildman–Crippen MR) is 77.6 cm³/mol. The van der Waals surface area contributed by atoms with Crippen LogP contribution < -0.4 is 10.5 Å². The van der Waals surface area contributed by atoms with Crippen molar-refractivity contribution >= 4 is 17.1 Å². The van der Waals surface area contributed by atoms with Gasteiger partial charge in [0.2, 0.25) is 11.8 Å². The maximum Gasteiger partial charge on any atom is 0.245 e. The Morgan fingerprint density at radius 2 is 2.15 bits per heavy atom. The van der Waals surface area contributed by atoms with Crippen LogP contribution in [0.3, 0.4) is 0 Å². The van der Waals surface area contributed by atoms with Gasteiger partial charge < -0.3 is 10.5 Å². The molecule has 0 aromatic carbocycles. The molecule has 0 spiro atoms. The van der Waals surface area contributed by atoms with Crippen molar-refractivity contribution in [1.29, 1.82) is 0 Å². The third-order valence-electron chi connectivity index (χ3n) is 4.39. The van der Waals surface area contributed by atoms with Crippen LogP contribution in [-0.2, 0) is 0 Å². The average Bonchev–Trinajstić information content (AvgIpc) is 2.82. The highest BCUT2D eigenvalue weighted by atomic mass is 16.5. The number of fused-ring (bicyclic) bond motifs is 1. The van der Waals surface area contributed by atoms with Crippen molar-refractivity contribution in [2.24, 2.45) is 5.92 Å². The zero-order valence-corrected chi connectivity index (χ0v) is 12.0. The average molecular weight is 275 g/mol. The van der Waals surface area contributed by atoms with E-state index in [1.54, 1.807) is 7.11 Å². The lowest BCUT2D eigenvalue weighted by atomic mass is 9.82. The van der Waals surface area contributed by atoms with Crippen molar-refractivity contribution in [1.82, 2.24) is 19.5 Å². The molecule has 1 fully saturated rings. The fourth-order valence-corrected chi connectivity index (χ4v) is 3.39. The predicted octanol–water partition coefficient (Wildman–Crippen LogP) is 2.56. The van der Waals surface area contributed by atoms with E-state index in [1.165, 1.54) is 25.6 Å². The van der Waals surface area contributed by atoms with E-state index >= 15 is 0 Å². The van der Waals surface area contributed by atoms with Crippen LogP contribution in [0.5, 0.6) is 5.88 Å². The van der Waals surface area contributed by atoms with Crippen molar-refractivity contribution in [2.45, 2.75) is 45.1 Å². The molecule has 1 saturated carbocycles. The molecule has 2 aromatic rings. The number of anilines is 1. The van der Waals surface area contributed by atoms with Crippen LogP contribution in [0, 0.1) is 5.92 Å². The molecule has 2 heterocycles. The number of nitrogens with two attached hydrogens (primary N) is 1. The molecule has 6 heteroatoms. The van der Waals surface area contributed by atoms with Gasteiger partial charge in [0.1, 0.15) is 6.33 Å². The Kier molecular flexibility index (Phi) is 3.46. The summed E-state index contributed by atoms with van der Waals surface area (Å²) in [5.74, 6) is 1.65. The first kappa shape index (κ1) is 13.1. The first-order valence-electron chi connectivity index (χ1n) is 7.28. The van der Waals surface area contributed by atoms with E-state index in [-0.39, 0.29) is 0 Å². The zero-order valence-electron chi connectivity index (χ0n) is 12.0. The van der Waals surface area contributed by atoms with Crippen molar-refractivity contribution in [2.75, 3.05) is 12.8 Å². The molecule has 3 rings (SSSR count). The fraction of sp³-hybridized carbons (Fsp3) is 0.643. The fourth-order valence-electron chi connectivity index (χ4n) is 3.39. The molecule has 20 heavy (non-hydrogen) atoms. The zero-order chi connectivity index (χ0) is 14.1.